The Morgan fingerprint density at radius 1 is 1.14 bits per heavy atom. The topological polar surface area (TPSA) is 72.7 Å². The molecule has 1 saturated heterocycles. The van der Waals surface area contributed by atoms with E-state index in [0.29, 0.717) is 30.5 Å². The number of piperidine rings is 1. The summed E-state index contributed by atoms with van der Waals surface area (Å²) in [6.45, 7) is 6.03. The molecular weight excluding hydrogens is 370 g/mol. The van der Waals surface area contributed by atoms with Crippen LogP contribution in [0.3, 0.4) is 0 Å². The number of nitrogens with zero attached hydrogens (tertiary/aromatic N) is 5. The van der Waals surface area contributed by atoms with E-state index in [9.17, 15) is 4.79 Å². The Labute approximate surface area is 171 Å². The summed E-state index contributed by atoms with van der Waals surface area (Å²) in [6.07, 6.45) is 2.23. The standard InChI is InChI=1S/C21H29N5O3/c1-15-4-5-17(18(12-15)28-3)29-14-20(27)25-10-11-26-19(13-25)22-23-21(26)16-6-8-24(2)9-7-16/h4-5,12,16H,6-11,13-14H2,1-3H3. The number of rotatable bonds is 5. The van der Waals surface area contributed by atoms with Gasteiger partial charge in [-0.2, -0.15) is 0 Å². The van der Waals surface area contributed by atoms with Crippen molar-refractivity contribution >= 4 is 5.91 Å². The monoisotopic (exact) mass is 399 g/mol. The molecule has 0 bridgehead atoms. The van der Waals surface area contributed by atoms with Gasteiger partial charge in [0, 0.05) is 19.0 Å². The van der Waals surface area contributed by atoms with Gasteiger partial charge in [-0.05, 0) is 57.6 Å². The third-order valence-corrected chi connectivity index (χ3v) is 5.89. The number of aromatic nitrogens is 3. The Kier molecular flexibility index (Phi) is 5.71. The van der Waals surface area contributed by atoms with E-state index in [4.69, 9.17) is 9.47 Å². The molecule has 29 heavy (non-hydrogen) atoms. The van der Waals surface area contributed by atoms with Gasteiger partial charge in [0.05, 0.1) is 13.7 Å². The van der Waals surface area contributed by atoms with Crippen LogP contribution in [0.2, 0.25) is 0 Å². The number of likely N-dealkylation sites (tertiary alicyclic amines) is 1. The summed E-state index contributed by atoms with van der Waals surface area (Å²) in [5.74, 6) is 3.58. The minimum Gasteiger partial charge on any atom is -0.493 e. The fourth-order valence-electron chi connectivity index (χ4n) is 4.09. The van der Waals surface area contributed by atoms with Crippen LogP contribution >= 0.6 is 0 Å². The lowest BCUT2D eigenvalue weighted by Gasteiger charge is -2.31. The quantitative estimate of drug-likeness (QED) is 0.764. The molecule has 0 aliphatic carbocycles. The van der Waals surface area contributed by atoms with Gasteiger partial charge in [-0.15, -0.1) is 10.2 Å². The van der Waals surface area contributed by atoms with E-state index in [1.54, 1.807) is 12.0 Å². The van der Waals surface area contributed by atoms with Gasteiger partial charge in [-0.25, -0.2) is 0 Å². The van der Waals surface area contributed by atoms with Crippen LogP contribution in [-0.2, 0) is 17.9 Å². The van der Waals surface area contributed by atoms with Gasteiger partial charge in [0.15, 0.2) is 23.9 Å². The van der Waals surface area contributed by atoms with E-state index in [-0.39, 0.29) is 12.5 Å². The van der Waals surface area contributed by atoms with Crippen LogP contribution < -0.4 is 9.47 Å². The highest BCUT2D eigenvalue weighted by Gasteiger charge is 2.29. The normalized spacial score (nSPS) is 17.8. The van der Waals surface area contributed by atoms with Crippen molar-refractivity contribution in [1.82, 2.24) is 24.6 Å². The highest BCUT2D eigenvalue weighted by molar-refractivity contribution is 5.78. The van der Waals surface area contributed by atoms with Gasteiger partial charge in [-0.1, -0.05) is 6.07 Å². The van der Waals surface area contributed by atoms with Crippen LogP contribution in [0.25, 0.3) is 0 Å². The molecule has 8 heteroatoms. The first-order valence-electron chi connectivity index (χ1n) is 10.2. The molecule has 0 N–H and O–H groups in total. The number of methoxy groups -OCH3 is 1. The molecule has 4 rings (SSSR count). The molecule has 0 atom stereocenters. The second kappa shape index (κ2) is 8.41. The highest BCUT2D eigenvalue weighted by atomic mass is 16.5. The van der Waals surface area contributed by atoms with Gasteiger partial charge in [0.2, 0.25) is 0 Å². The Bertz CT molecular complexity index is 873. The number of fused-ring (bicyclic) bond motifs is 1. The summed E-state index contributed by atoms with van der Waals surface area (Å²) < 4.78 is 13.3. The Morgan fingerprint density at radius 3 is 2.69 bits per heavy atom. The molecule has 0 unspecified atom stereocenters. The lowest BCUT2D eigenvalue weighted by atomic mass is 9.96. The minimum atomic E-state index is -0.0530. The van der Waals surface area contributed by atoms with Crippen LogP contribution in [0.4, 0.5) is 0 Å². The summed E-state index contributed by atoms with van der Waals surface area (Å²) in [7, 11) is 3.76. The molecule has 2 aliphatic heterocycles. The van der Waals surface area contributed by atoms with Crippen LogP contribution in [0.1, 0.15) is 36.0 Å². The Balaban J connectivity index is 1.37. The average molecular weight is 399 g/mol. The van der Waals surface area contributed by atoms with E-state index in [0.717, 1.165) is 49.7 Å². The third kappa shape index (κ3) is 4.22. The summed E-state index contributed by atoms with van der Waals surface area (Å²) in [5, 5.41) is 8.86. The number of hydrogen-bond acceptors (Lipinski definition) is 6. The highest BCUT2D eigenvalue weighted by Crippen LogP contribution is 2.29. The second-order valence-electron chi connectivity index (χ2n) is 7.96. The van der Waals surface area contributed by atoms with E-state index >= 15 is 0 Å². The first-order chi connectivity index (χ1) is 14.0. The second-order valence-corrected chi connectivity index (χ2v) is 7.96. The fraction of sp³-hybridized carbons (Fsp3) is 0.571. The number of carbonyl (C=O) groups excluding carboxylic acids is 1. The van der Waals surface area contributed by atoms with Gasteiger partial charge in [0.25, 0.3) is 5.91 Å². The van der Waals surface area contributed by atoms with Crippen molar-refractivity contribution in [3.05, 3.63) is 35.4 Å². The smallest absolute Gasteiger partial charge is 0.260 e. The third-order valence-electron chi connectivity index (χ3n) is 5.89. The van der Waals surface area contributed by atoms with Crippen LogP contribution in [0, 0.1) is 6.92 Å². The van der Waals surface area contributed by atoms with Gasteiger partial charge in [-0.3, -0.25) is 4.79 Å². The molecule has 1 aromatic heterocycles. The van der Waals surface area contributed by atoms with Crippen LogP contribution in [-0.4, -0.2) is 70.9 Å². The molecule has 2 aliphatic rings. The first-order valence-corrected chi connectivity index (χ1v) is 10.2. The van der Waals surface area contributed by atoms with E-state index < -0.39 is 0 Å². The number of amides is 1. The fourth-order valence-corrected chi connectivity index (χ4v) is 4.09. The molecule has 0 spiro atoms. The maximum Gasteiger partial charge on any atom is 0.260 e. The zero-order chi connectivity index (χ0) is 20.4. The lowest BCUT2D eigenvalue weighted by molar-refractivity contribution is -0.134. The summed E-state index contributed by atoms with van der Waals surface area (Å²) >= 11 is 0. The van der Waals surface area contributed by atoms with Crippen molar-refractivity contribution in [2.75, 3.05) is 40.4 Å². The molecular formula is C21H29N5O3. The van der Waals surface area contributed by atoms with Crippen molar-refractivity contribution in [3.8, 4) is 11.5 Å². The van der Waals surface area contributed by atoms with E-state index in [1.807, 2.05) is 25.1 Å². The molecule has 3 heterocycles. The maximum absolute atomic E-state index is 12.7. The van der Waals surface area contributed by atoms with Crippen molar-refractivity contribution in [2.24, 2.45) is 0 Å². The molecule has 1 fully saturated rings. The molecule has 2 aromatic rings. The van der Waals surface area contributed by atoms with Gasteiger partial charge < -0.3 is 23.8 Å². The van der Waals surface area contributed by atoms with Gasteiger partial charge in [0.1, 0.15) is 5.82 Å². The SMILES string of the molecule is COc1cc(C)ccc1OCC(=O)N1CCn2c(nnc2C2CCN(C)CC2)C1. The molecule has 1 amide bonds. The minimum absolute atomic E-state index is 0.0185. The summed E-state index contributed by atoms with van der Waals surface area (Å²) in [6, 6.07) is 5.67. The first kappa shape index (κ1) is 19.7. The number of carbonyl (C=O) groups is 1. The molecule has 8 nitrogen and oxygen atoms in total. The van der Waals surface area contributed by atoms with E-state index in [1.165, 1.54) is 0 Å². The number of benzene rings is 1. The van der Waals surface area contributed by atoms with Crippen molar-refractivity contribution in [2.45, 2.75) is 38.8 Å². The van der Waals surface area contributed by atoms with Crippen molar-refractivity contribution in [1.29, 1.82) is 0 Å². The van der Waals surface area contributed by atoms with Crippen LogP contribution in [0.5, 0.6) is 11.5 Å². The lowest BCUT2D eigenvalue weighted by Crippen LogP contribution is -2.41. The predicted octanol–water partition coefficient (Wildman–Crippen LogP) is 1.83. The molecule has 0 radical (unpaired) electrons. The molecule has 0 saturated carbocycles. The van der Waals surface area contributed by atoms with Crippen molar-refractivity contribution in [3.63, 3.8) is 0 Å². The summed E-state index contributed by atoms with van der Waals surface area (Å²) in [4.78, 5) is 16.8. The van der Waals surface area contributed by atoms with Gasteiger partial charge >= 0.3 is 0 Å². The maximum atomic E-state index is 12.7. The molecule has 156 valence electrons. The Morgan fingerprint density at radius 2 is 1.93 bits per heavy atom. The average Bonchev–Trinajstić information content (AvgIpc) is 3.16. The largest absolute Gasteiger partial charge is 0.493 e. The van der Waals surface area contributed by atoms with E-state index in [2.05, 4.69) is 26.7 Å². The number of aryl methyl sites for hydroxylation is 1. The zero-order valence-electron chi connectivity index (χ0n) is 17.4. The summed E-state index contributed by atoms with van der Waals surface area (Å²) in [5.41, 5.74) is 1.08. The molecule has 1 aromatic carbocycles. The number of ether oxygens (including phenoxy) is 2. The predicted molar refractivity (Wildman–Crippen MR) is 108 cm³/mol. The Hall–Kier alpha value is -2.61. The van der Waals surface area contributed by atoms with Crippen molar-refractivity contribution < 1.29 is 14.3 Å². The number of hydrogen-bond donors (Lipinski definition) is 0. The van der Waals surface area contributed by atoms with Crippen LogP contribution in [0.15, 0.2) is 18.2 Å². The zero-order valence-corrected chi connectivity index (χ0v) is 17.4.